The predicted molar refractivity (Wildman–Crippen MR) is 97.4 cm³/mol. The van der Waals surface area contributed by atoms with E-state index in [1.54, 1.807) is 18.2 Å². The third-order valence-corrected chi connectivity index (χ3v) is 4.40. The number of benzene rings is 1. The molecule has 1 unspecified atom stereocenters. The van der Waals surface area contributed by atoms with Gasteiger partial charge in [-0.1, -0.05) is 13.8 Å². The maximum Gasteiger partial charge on any atom is 0.335 e. The molecule has 6 nitrogen and oxygen atoms in total. The number of ether oxygens (including phenoxy) is 1. The molecule has 1 amide bonds. The maximum atomic E-state index is 12.4. The van der Waals surface area contributed by atoms with Crippen LogP contribution in [0.1, 0.15) is 43.5 Å². The van der Waals surface area contributed by atoms with Gasteiger partial charge >= 0.3 is 5.97 Å². The zero-order chi connectivity index (χ0) is 18.6. The van der Waals surface area contributed by atoms with Crippen LogP contribution < -0.4 is 9.64 Å². The molecule has 1 heterocycles. The van der Waals surface area contributed by atoms with Gasteiger partial charge in [0.15, 0.2) is 0 Å². The van der Waals surface area contributed by atoms with Crippen molar-refractivity contribution >= 4 is 17.6 Å². The number of amides is 1. The number of rotatable bonds is 7. The Kier molecular flexibility index (Phi) is 6.28. The summed E-state index contributed by atoms with van der Waals surface area (Å²) in [6, 6.07) is 4.92. The Bertz CT molecular complexity index is 628. The molecule has 0 saturated carbocycles. The third kappa shape index (κ3) is 4.87. The van der Waals surface area contributed by atoms with Crippen molar-refractivity contribution in [3.05, 3.63) is 23.8 Å². The second-order valence-corrected chi connectivity index (χ2v) is 7.17. The van der Waals surface area contributed by atoms with E-state index in [4.69, 9.17) is 9.84 Å². The van der Waals surface area contributed by atoms with Crippen LogP contribution in [0.5, 0.6) is 5.75 Å². The molecule has 0 spiro atoms. The summed E-state index contributed by atoms with van der Waals surface area (Å²) in [7, 11) is 3.70. The standard InChI is InChI=1S/C19H28N2O4/c1-13(2)10-18(22)21-9-5-6-15(21)12-25-17-8-7-14(19(23)24)11-16(17)20(3)4/h7-8,11,13,15H,5-6,9-10,12H2,1-4H3,(H,23,24). The van der Waals surface area contributed by atoms with Crippen LogP contribution >= 0.6 is 0 Å². The van der Waals surface area contributed by atoms with Crippen LogP contribution in [-0.2, 0) is 4.79 Å². The van der Waals surface area contributed by atoms with Gasteiger partial charge < -0.3 is 19.6 Å². The third-order valence-electron chi connectivity index (χ3n) is 4.40. The van der Waals surface area contributed by atoms with E-state index in [2.05, 4.69) is 0 Å². The van der Waals surface area contributed by atoms with E-state index >= 15 is 0 Å². The topological polar surface area (TPSA) is 70.1 Å². The fraction of sp³-hybridized carbons (Fsp3) is 0.579. The minimum absolute atomic E-state index is 0.0837. The largest absolute Gasteiger partial charge is 0.489 e. The average molecular weight is 348 g/mol. The molecule has 1 aromatic rings. The normalized spacial score (nSPS) is 17.0. The Balaban J connectivity index is 2.07. The van der Waals surface area contributed by atoms with Crippen LogP contribution in [0.25, 0.3) is 0 Å². The summed E-state index contributed by atoms with van der Waals surface area (Å²) in [4.78, 5) is 27.3. The Labute approximate surface area is 149 Å². The van der Waals surface area contributed by atoms with Crippen LogP contribution in [0.4, 0.5) is 5.69 Å². The number of aromatic carboxylic acids is 1. The van der Waals surface area contributed by atoms with Gasteiger partial charge in [0.05, 0.1) is 17.3 Å². The number of hydrogen-bond donors (Lipinski definition) is 1. The lowest BCUT2D eigenvalue weighted by Gasteiger charge is -2.26. The first-order chi connectivity index (χ1) is 11.8. The van der Waals surface area contributed by atoms with Gasteiger partial charge in [0.25, 0.3) is 0 Å². The van der Waals surface area contributed by atoms with Gasteiger partial charge in [-0.15, -0.1) is 0 Å². The van der Waals surface area contributed by atoms with Gasteiger partial charge in [-0.25, -0.2) is 4.79 Å². The Morgan fingerprint density at radius 1 is 1.36 bits per heavy atom. The summed E-state index contributed by atoms with van der Waals surface area (Å²) in [6.07, 6.45) is 2.50. The van der Waals surface area contributed by atoms with Crippen molar-refractivity contribution in [2.75, 3.05) is 32.1 Å². The first-order valence-electron chi connectivity index (χ1n) is 8.76. The van der Waals surface area contributed by atoms with E-state index in [-0.39, 0.29) is 17.5 Å². The summed E-state index contributed by atoms with van der Waals surface area (Å²) < 4.78 is 5.97. The molecular weight excluding hydrogens is 320 g/mol. The van der Waals surface area contributed by atoms with Crippen LogP contribution in [-0.4, -0.2) is 55.2 Å². The quantitative estimate of drug-likeness (QED) is 0.820. The fourth-order valence-corrected chi connectivity index (χ4v) is 3.11. The second kappa shape index (κ2) is 8.23. The molecule has 2 rings (SSSR count). The molecular formula is C19H28N2O4. The van der Waals surface area contributed by atoms with E-state index in [9.17, 15) is 9.59 Å². The van der Waals surface area contributed by atoms with Crippen molar-refractivity contribution in [2.24, 2.45) is 5.92 Å². The van der Waals surface area contributed by atoms with E-state index in [0.717, 1.165) is 25.1 Å². The van der Waals surface area contributed by atoms with E-state index < -0.39 is 5.97 Å². The summed E-state index contributed by atoms with van der Waals surface area (Å²) >= 11 is 0. The predicted octanol–water partition coefficient (Wildman–Crippen LogP) is 2.87. The molecule has 0 bridgehead atoms. The monoisotopic (exact) mass is 348 g/mol. The van der Waals surface area contributed by atoms with Gasteiger partial charge in [-0.3, -0.25) is 4.79 Å². The van der Waals surface area contributed by atoms with Crippen molar-refractivity contribution in [2.45, 2.75) is 39.2 Å². The number of nitrogens with zero attached hydrogens (tertiary/aromatic N) is 2. The number of carboxylic acids is 1. The molecule has 1 fully saturated rings. The van der Waals surface area contributed by atoms with Crippen LogP contribution in [0.2, 0.25) is 0 Å². The molecule has 0 aliphatic carbocycles. The Morgan fingerprint density at radius 3 is 2.68 bits per heavy atom. The van der Waals surface area contributed by atoms with Crippen LogP contribution in [0.15, 0.2) is 18.2 Å². The summed E-state index contributed by atoms with van der Waals surface area (Å²) in [5, 5.41) is 9.15. The van der Waals surface area contributed by atoms with Crippen LogP contribution in [0.3, 0.4) is 0 Å². The van der Waals surface area contributed by atoms with Gasteiger partial charge in [0.2, 0.25) is 5.91 Å². The zero-order valence-corrected chi connectivity index (χ0v) is 15.5. The Hall–Kier alpha value is -2.24. The highest BCUT2D eigenvalue weighted by Crippen LogP contribution is 2.29. The SMILES string of the molecule is CC(C)CC(=O)N1CCCC1COc1ccc(C(=O)O)cc1N(C)C. The molecule has 6 heteroatoms. The average Bonchev–Trinajstić information content (AvgIpc) is 3.00. The first-order valence-corrected chi connectivity index (χ1v) is 8.76. The molecule has 1 N–H and O–H groups in total. The molecule has 1 saturated heterocycles. The highest BCUT2D eigenvalue weighted by atomic mass is 16.5. The van der Waals surface area contributed by atoms with Crippen molar-refractivity contribution < 1.29 is 19.4 Å². The lowest BCUT2D eigenvalue weighted by atomic mass is 10.1. The number of anilines is 1. The minimum Gasteiger partial charge on any atom is -0.489 e. The van der Waals surface area contributed by atoms with E-state index in [1.807, 2.05) is 37.7 Å². The molecule has 0 aromatic heterocycles. The number of likely N-dealkylation sites (tertiary alicyclic amines) is 1. The van der Waals surface area contributed by atoms with Gasteiger partial charge in [0.1, 0.15) is 12.4 Å². The Morgan fingerprint density at radius 2 is 2.08 bits per heavy atom. The lowest BCUT2D eigenvalue weighted by molar-refractivity contribution is -0.133. The van der Waals surface area contributed by atoms with E-state index in [1.165, 1.54) is 0 Å². The number of carbonyl (C=O) groups is 2. The van der Waals surface area contributed by atoms with Gasteiger partial charge in [-0.2, -0.15) is 0 Å². The molecule has 25 heavy (non-hydrogen) atoms. The summed E-state index contributed by atoms with van der Waals surface area (Å²) in [5.74, 6) is 0.211. The number of hydrogen-bond acceptors (Lipinski definition) is 4. The number of carboxylic acid groups (broad SMARTS) is 1. The lowest BCUT2D eigenvalue weighted by Crippen LogP contribution is -2.39. The maximum absolute atomic E-state index is 12.4. The molecule has 1 atom stereocenters. The highest BCUT2D eigenvalue weighted by Gasteiger charge is 2.29. The second-order valence-electron chi connectivity index (χ2n) is 7.17. The van der Waals surface area contributed by atoms with Crippen molar-refractivity contribution in [1.82, 2.24) is 4.90 Å². The number of carbonyl (C=O) groups excluding carboxylic acids is 1. The smallest absolute Gasteiger partial charge is 0.335 e. The molecule has 1 aromatic carbocycles. The minimum atomic E-state index is -0.962. The summed E-state index contributed by atoms with van der Waals surface area (Å²) in [5.41, 5.74) is 0.948. The van der Waals surface area contributed by atoms with Gasteiger partial charge in [-0.05, 0) is 37.0 Å². The van der Waals surface area contributed by atoms with Crippen molar-refractivity contribution in [3.63, 3.8) is 0 Å². The van der Waals surface area contributed by atoms with Gasteiger partial charge in [0, 0.05) is 27.1 Å². The summed E-state index contributed by atoms with van der Waals surface area (Å²) in [6.45, 7) is 5.31. The van der Waals surface area contributed by atoms with Crippen molar-refractivity contribution in [1.29, 1.82) is 0 Å². The first kappa shape index (κ1) is 19.1. The van der Waals surface area contributed by atoms with Crippen molar-refractivity contribution in [3.8, 4) is 5.75 Å². The highest BCUT2D eigenvalue weighted by molar-refractivity contribution is 5.89. The molecule has 0 radical (unpaired) electrons. The van der Waals surface area contributed by atoms with E-state index in [0.29, 0.717) is 24.7 Å². The molecule has 1 aliphatic rings. The molecule has 1 aliphatic heterocycles. The van der Waals surface area contributed by atoms with Crippen LogP contribution in [0, 0.1) is 5.92 Å². The zero-order valence-electron chi connectivity index (χ0n) is 15.5. The fourth-order valence-electron chi connectivity index (χ4n) is 3.11. The molecule has 138 valence electrons.